The van der Waals surface area contributed by atoms with Crippen molar-refractivity contribution in [3.05, 3.63) is 0 Å². The minimum atomic E-state index is -0.830. The summed E-state index contributed by atoms with van der Waals surface area (Å²) in [5.74, 6) is -1.44. The highest BCUT2D eigenvalue weighted by atomic mass is 16.8. The van der Waals surface area contributed by atoms with E-state index >= 15 is 0 Å². The lowest BCUT2D eigenvalue weighted by molar-refractivity contribution is -0.208. The first-order valence-electron chi connectivity index (χ1n) is 9.62. The zero-order chi connectivity index (χ0) is 17.8. The van der Waals surface area contributed by atoms with Gasteiger partial charge in [-0.1, -0.05) is 13.3 Å². The van der Waals surface area contributed by atoms with Crippen LogP contribution in [-0.2, 0) is 28.5 Å². The highest BCUT2D eigenvalue weighted by molar-refractivity contribution is 5.83. The molecule has 4 rings (SSSR count). The Morgan fingerprint density at radius 2 is 1.92 bits per heavy atom. The van der Waals surface area contributed by atoms with Crippen LogP contribution in [0.15, 0.2) is 0 Å². The van der Waals surface area contributed by atoms with Gasteiger partial charge in [0, 0.05) is 18.8 Å². The maximum atomic E-state index is 12.4. The number of hydrogen-bond acceptors (Lipinski definition) is 6. The van der Waals surface area contributed by atoms with E-state index in [1.807, 2.05) is 20.8 Å². The van der Waals surface area contributed by atoms with Gasteiger partial charge >= 0.3 is 11.9 Å². The summed E-state index contributed by atoms with van der Waals surface area (Å²) in [6.45, 7) is 5.59. The van der Waals surface area contributed by atoms with E-state index in [1.165, 1.54) is 6.42 Å². The average Bonchev–Trinajstić information content (AvgIpc) is 3.17. The van der Waals surface area contributed by atoms with Crippen molar-refractivity contribution in [2.24, 2.45) is 11.3 Å². The number of ether oxygens (including phenoxy) is 4. The second-order valence-electron chi connectivity index (χ2n) is 8.57. The van der Waals surface area contributed by atoms with Crippen molar-refractivity contribution in [2.45, 2.75) is 95.9 Å². The van der Waals surface area contributed by atoms with Crippen molar-refractivity contribution in [1.29, 1.82) is 0 Å². The van der Waals surface area contributed by atoms with Crippen LogP contribution in [0.5, 0.6) is 0 Å². The summed E-state index contributed by atoms with van der Waals surface area (Å²) >= 11 is 0. The molecule has 0 bridgehead atoms. The number of rotatable bonds is 3. The van der Waals surface area contributed by atoms with Crippen LogP contribution in [-0.4, -0.2) is 42.1 Å². The molecule has 0 amide bonds. The van der Waals surface area contributed by atoms with Crippen molar-refractivity contribution >= 4 is 11.9 Å². The maximum Gasteiger partial charge on any atom is 0.348 e. The van der Waals surface area contributed by atoms with Gasteiger partial charge in [0.15, 0.2) is 5.79 Å². The summed E-state index contributed by atoms with van der Waals surface area (Å²) in [7, 11) is 0. The van der Waals surface area contributed by atoms with E-state index in [-0.39, 0.29) is 30.2 Å². The first-order valence-corrected chi connectivity index (χ1v) is 9.62. The Kier molecular flexibility index (Phi) is 4.11. The Hall–Kier alpha value is -1.14. The molecule has 6 nitrogen and oxygen atoms in total. The lowest BCUT2D eigenvalue weighted by Crippen LogP contribution is -2.38. The van der Waals surface area contributed by atoms with Crippen molar-refractivity contribution in [1.82, 2.24) is 0 Å². The molecule has 1 spiro atoms. The minimum Gasteiger partial charge on any atom is -0.456 e. The Bertz CT molecular complexity index is 564. The van der Waals surface area contributed by atoms with Gasteiger partial charge in [-0.15, -0.1) is 0 Å². The third-order valence-electron chi connectivity index (χ3n) is 6.49. The van der Waals surface area contributed by atoms with E-state index in [0.717, 1.165) is 25.7 Å². The molecular weight excluding hydrogens is 324 g/mol. The largest absolute Gasteiger partial charge is 0.456 e. The van der Waals surface area contributed by atoms with E-state index in [4.69, 9.17) is 18.9 Å². The Morgan fingerprint density at radius 3 is 2.60 bits per heavy atom. The van der Waals surface area contributed by atoms with E-state index in [1.54, 1.807) is 0 Å². The van der Waals surface area contributed by atoms with Crippen LogP contribution in [0.2, 0.25) is 0 Å². The highest BCUT2D eigenvalue weighted by Crippen LogP contribution is 2.51. The number of esters is 2. The van der Waals surface area contributed by atoms with Crippen molar-refractivity contribution < 1.29 is 28.5 Å². The Balaban J connectivity index is 1.45. The number of carbonyl (C=O) groups excluding carboxylic acids is 2. The number of fused-ring (bicyclic) bond motifs is 3. The molecule has 140 valence electrons. The fourth-order valence-corrected chi connectivity index (χ4v) is 4.51. The molecule has 2 saturated carbocycles. The lowest BCUT2D eigenvalue weighted by atomic mass is 9.90. The molecular formula is C19H28O6. The van der Waals surface area contributed by atoms with Crippen molar-refractivity contribution in [3.63, 3.8) is 0 Å². The molecule has 0 aromatic carbocycles. The average molecular weight is 352 g/mol. The molecule has 4 unspecified atom stereocenters. The molecule has 4 fully saturated rings. The second-order valence-corrected chi connectivity index (χ2v) is 8.57. The number of carbonyl (C=O) groups is 2. The predicted octanol–water partition coefficient (Wildman–Crippen LogP) is 2.72. The first kappa shape index (κ1) is 17.3. The summed E-state index contributed by atoms with van der Waals surface area (Å²) in [6.07, 6.45) is 5.08. The summed E-state index contributed by atoms with van der Waals surface area (Å²) in [6, 6.07) is 0. The van der Waals surface area contributed by atoms with Crippen LogP contribution in [0.1, 0.15) is 65.7 Å². The predicted molar refractivity (Wildman–Crippen MR) is 87.5 cm³/mol. The topological polar surface area (TPSA) is 71.1 Å². The fourth-order valence-electron chi connectivity index (χ4n) is 4.51. The standard InChI is InChI=1S/C19H28O6/c1-4-18(2,3)17(21)23-14-11-10-12-15(13(11)22-16(14)20)25-19(24-12)8-6-5-7-9-19/h11-15H,4-10H2,1-3H3/t11?,12?,13?,14?,15-/m0/s1. The third-order valence-corrected chi connectivity index (χ3v) is 6.49. The summed E-state index contributed by atoms with van der Waals surface area (Å²) < 4.78 is 23.7. The van der Waals surface area contributed by atoms with Gasteiger partial charge < -0.3 is 18.9 Å². The summed E-state index contributed by atoms with van der Waals surface area (Å²) in [4.78, 5) is 24.7. The first-order chi connectivity index (χ1) is 11.9. The summed E-state index contributed by atoms with van der Waals surface area (Å²) in [5, 5.41) is 0. The lowest BCUT2D eigenvalue weighted by Gasteiger charge is -2.33. The molecule has 2 aliphatic carbocycles. The van der Waals surface area contributed by atoms with Crippen LogP contribution >= 0.6 is 0 Å². The van der Waals surface area contributed by atoms with Crippen LogP contribution in [0.3, 0.4) is 0 Å². The number of hydrogen-bond donors (Lipinski definition) is 0. The summed E-state index contributed by atoms with van der Waals surface area (Å²) in [5.41, 5.74) is -0.605. The van der Waals surface area contributed by atoms with Gasteiger partial charge in [0.25, 0.3) is 0 Å². The molecule has 6 heteroatoms. The van der Waals surface area contributed by atoms with Crippen LogP contribution in [0.25, 0.3) is 0 Å². The normalized spacial score (nSPS) is 39.2. The molecule has 2 aliphatic heterocycles. The Labute approximate surface area is 148 Å². The van der Waals surface area contributed by atoms with Gasteiger partial charge in [-0.2, -0.15) is 0 Å². The third kappa shape index (κ3) is 2.78. The van der Waals surface area contributed by atoms with Gasteiger partial charge in [-0.05, 0) is 39.5 Å². The molecule has 0 aromatic heterocycles. The van der Waals surface area contributed by atoms with E-state index < -0.39 is 23.3 Å². The van der Waals surface area contributed by atoms with Crippen LogP contribution in [0.4, 0.5) is 0 Å². The molecule has 25 heavy (non-hydrogen) atoms. The smallest absolute Gasteiger partial charge is 0.348 e. The van der Waals surface area contributed by atoms with E-state index in [2.05, 4.69) is 0 Å². The fraction of sp³-hybridized carbons (Fsp3) is 0.895. The molecule has 0 aromatic rings. The van der Waals surface area contributed by atoms with E-state index in [0.29, 0.717) is 12.8 Å². The van der Waals surface area contributed by atoms with Gasteiger partial charge in [-0.25, -0.2) is 4.79 Å². The zero-order valence-corrected chi connectivity index (χ0v) is 15.3. The maximum absolute atomic E-state index is 12.4. The van der Waals surface area contributed by atoms with Gasteiger partial charge in [0.1, 0.15) is 12.2 Å². The molecule has 0 radical (unpaired) electrons. The van der Waals surface area contributed by atoms with Gasteiger partial charge in [0.05, 0.1) is 11.5 Å². The second kappa shape index (κ2) is 5.95. The van der Waals surface area contributed by atoms with Crippen molar-refractivity contribution in [2.75, 3.05) is 0 Å². The van der Waals surface area contributed by atoms with Crippen LogP contribution < -0.4 is 0 Å². The quantitative estimate of drug-likeness (QED) is 0.727. The Morgan fingerprint density at radius 1 is 1.20 bits per heavy atom. The molecule has 0 N–H and O–H groups in total. The zero-order valence-electron chi connectivity index (χ0n) is 15.3. The van der Waals surface area contributed by atoms with Gasteiger partial charge in [-0.3, -0.25) is 4.79 Å². The SMILES string of the molecule is CCC(C)(C)C(=O)OC1C(=O)OC2C1CC1OC3(CCCCC3)O[C@@H]12. The molecule has 4 aliphatic rings. The molecule has 2 saturated heterocycles. The van der Waals surface area contributed by atoms with Crippen LogP contribution in [0, 0.1) is 11.3 Å². The highest BCUT2D eigenvalue weighted by Gasteiger charge is 2.64. The molecule has 2 heterocycles. The van der Waals surface area contributed by atoms with Gasteiger partial charge in [0.2, 0.25) is 6.10 Å². The minimum absolute atomic E-state index is 0.0680. The monoisotopic (exact) mass is 352 g/mol. The van der Waals surface area contributed by atoms with E-state index in [9.17, 15) is 9.59 Å². The van der Waals surface area contributed by atoms with Crippen molar-refractivity contribution in [3.8, 4) is 0 Å². The molecule has 5 atom stereocenters.